The van der Waals surface area contributed by atoms with Gasteiger partial charge in [-0.3, -0.25) is 4.79 Å². The van der Waals surface area contributed by atoms with Crippen molar-refractivity contribution in [1.82, 2.24) is 15.2 Å². The summed E-state index contributed by atoms with van der Waals surface area (Å²) in [5.74, 6) is 0.281. The summed E-state index contributed by atoms with van der Waals surface area (Å²) in [5, 5.41) is 6.57. The summed E-state index contributed by atoms with van der Waals surface area (Å²) in [5.41, 5.74) is 0.767. The highest BCUT2D eigenvalue weighted by Gasteiger charge is 2.20. The smallest absolute Gasteiger partial charge is 0.251 e. The first kappa shape index (κ1) is 17.6. The SMILES string of the molecule is Cc1cc(CNS(=O)(=O)c2cccc(C(=O)NC3CCOC3)c2)no1. The summed E-state index contributed by atoms with van der Waals surface area (Å²) in [6, 6.07) is 7.50. The Balaban J connectivity index is 1.69. The van der Waals surface area contributed by atoms with Gasteiger partial charge in [-0.15, -0.1) is 0 Å². The predicted molar refractivity (Wildman–Crippen MR) is 88.4 cm³/mol. The Morgan fingerprint density at radius 2 is 2.20 bits per heavy atom. The van der Waals surface area contributed by atoms with Crippen LogP contribution in [0.25, 0.3) is 0 Å². The molecule has 9 heteroatoms. The summed E-state index contributed by atoms with van der Waals surface area (Å²) in [7, 11) is -3.77. The van der Waals surface area contributed by atoms with Crippen LogP contribution in [0.3, 0.4) is 0 Å². The molecule has 1 aromatic heterocycles. The van der Waals surface area contributed by atoms with E-state index in [4.69, 9.17) is 9.26 Å². The molecule has 1 aromatic carbocycles. The molecule has 1 unspecified atom stereocenters. The quantitative estimate of drug-likeness (QED) is 0.789. The van der Waals surface area contributed by atoms with E-state index in [2.05, 4.69) is 15.2 Å². The minimum Gasteiger partial charge on any atom is -0.379 e. The van der Waals surface area contributed by atoms with E-state index in [-0.39, 0.29) is 29.0 Å². The zero-order valence-corrected chi connectivity index (χ0v) is 14.5. The van der Waals surface area contributed by atoms with Gasteiger partial charge in [0.15, 0.2) is 0 Å². The number of sulfonamides is 1. The topological polar surface area (TPSA) is 111 Å². The minimum absolute atomic E-state index is 0.00943. The Morgan fingerprint density at radius 3 is 2.88 bits per heavy atom. The monoisotopic (exact) mass is 365 g/mol. The number of nitrogens with zero attached hydrogens (tertiary/aromatic N) is 1. The van der Waals surface area contributed by atoms with E-state index < -0.39 is 10.0 Å². The molecule has 134 valence electrons. The van der Waals surface area contributed by atoms with Gasteiger partial charge in [-0.05, 0) is 31.5 Å². The highest BCUT2D eigenvalue weighted by molar-refractivity contribution is 7.89. The molecule has 0 saturated carbocycles. The first-order valence-corrected chi connectivity index (χ1v) is 9.33. The van der Waals surface area contributed by atoms with Crippen LogP contribution in [-0.2, 0) is 21.3 Å². The standard InChI is InChI=1S/C16H19N3O5S/c1-11-7-14(19-24-11)9-17-25(21,22)15-4-2-3-12(8-15)16(20)18-13-5-6-23-10-13/h2-4,7-8,13,17H,5-6,9-10H2,1H3,(H,18,20). The van der Waals surface area contributed by atoms with Crippen molar-refractivity contribution in [3.63, 3.8) is 0 Å². The Morgan fingerprint density at radius 1 is 1.36 bits per heavy atom. The van der Waals surface area contributed by atoms with Crippen molar-refractivity contribution < 1.29 is 22.5 Å². The number of aryl methyl sites for hydroxylation is 1. The summed E-state index contributed by atoms with van der Waals surface area (Å²) < 4.78 is 37.4. The molecular weight excluding hydrogens is 346 g/mol. The molecule has 0 aliphatic carbocycles. The van der Waals surface area contributed by atoms with E-state index in [0.717, 1.165) is 6.42 Å². The number of aromatic nitrogens is 1. The Labute approximate surface area is 145 Å². The van der Waals surface area contributed by atoms with E-state index in [1.165, 1.54) is 18.2 Å². The molecule has 1 fully saturated rings. The molecule has 0 bridgehead atoms. The number of amides is 1. The van der Waals surface area contributed by atoms with E-state index in [0.29, 0.717) is 24.7 Å². The van der Waals surface area contributed by atoms with E-state index in [9.17, 15) is 13.2 Å². The highest BCUT2D eigenvalue weighted by atomic mass is 32.2. The zero-order valence-electron chi connectivity index (χ0n) is 13.7. The summed E-state index contributed by atoms with van der Waals surface area (Å²) in [6.45, 7) is 2.82. The molecule has 0 radical (unpaired) electrons. The lowest BCUT2D eigenvalue weighted by molar-refractivity contribution is 0.0929. The normalized spacial score (nSPS) is 17.6. The first-order chi connectivity index (χ1) is 11.9. The summed E-state index contributed by atoms with van der Waals surface area (Å²) >= 11 is 0. The number of hydrogen-bond donors (Lipinski definition) is 2. The lowest BCUT2D eigenvalue weighted by Crippen LogP contribution is -2.35. The molecule has 1 atom stereocenters. The van der Waals surface area contributed by atoms with Gasteiger partial charge in [0, 0.05) is 18.2 Å². The molecule has 1 saturated heterocycles. The molecule has 1 aliphatic heterocycles. The second-order valence-corrected chi connectivity index (χ2v) is 7.58. The largest absolute Gasteiger partial charge is 0.379 e. The molecule has 3 rings (SSSR count). The van der Waals surface area contributed by atoms with Gasteiger partial charge in [-0.2, -0.15) is 0 Å². The van der Waals surface area contributed by atoms with Crippen molar-refractivity contribution in [2.45, 2.75) is 30.8 Å². The highest BCUT2D eigenvalue weighted by Crippen LogP contribution is 2.13. The number of hydrogen-bond acceptors (Lipinski definition) is 6. The van der Waals surface area contributed by atoms with E-state index in [1.54, 1.807) is 19.1 Å². The molecule has 2 N–H and O–H groups in total. The van der Waals surface area contributed by atoms with Crippen LogP contribution in [0.1, 0.15) is 28.2 Å². The van der Waals surface area contributed by atoms with Gasteiger partial charge in [-0.1, -0.05) is 11.2 Å². The maximum atomic E-state index is 12.4. The third-order valence-corrected chi connectivity index (χ3v) is 5.19. The maximum absolute atomic E-state index is 12.4. The van der Waals surface area contributed by atoms with Crippen LogP contribution >= 0.6 is 0 Å². The average Bonchev–Trinajstić information content (AvgIpc) is 3.25. The number of ether oxygens (including phenoxy) is 1. The fourth-order valence-electron chi connectivity index (χ4n) is 2.48. The lowest BCUT2D eigenvalue weighted by atomic mass is 10.2. The maximum Gasteiger partial charge on any atom is 0.251 e. The van der Waals surface area contributed by atoms with Gasteiger partial charge in [0.25, 0.3) is 5.91 Å². The number of carbonyl (C=O) groups excluding carboxylic acids is 1. The second kappa shape index (κ2) is 7.34. The zero-order chi connectivity index (χ0) is 17.9. The van der Waals surface area contributed by atoms with Gasteiger partial charge in [-0.25, -0.2) is 13.1 Å². The Bertz CT molecular complexity index is 856. The van der Waals surface area contributed by atoms with Crippen LogP contribution in [0.4, 0.5) is 0 Å². The Kier molecular flexibility index (Phi) is 5.16. The number of carbonyl (C=O) groups is 1. The Hall–Kier alpha value is -2.23. The lowest BCUT2D eigenvalue weighted by Gasteiger charge is -2.11. The van der Waals surface area contributed by atoms with Crippen LogP contribution in [0, 0.1) is 6.92 Å². The third-order valence-electron chi connectivity index (χ3n) is 3.79. The third kappa shape index (κ3) is 4.44. The van der Waals surface area contributed by atoms with Crippen molar-refractivity contribution in [3.8, 4) is 0 Å². The van der Waals surface area contributed by atoms with E-state index >= 15 is 0 Å². The van der Waals surface area contributed by atoms with E-state index in [1.807, 2.05) is 0 Å². The van der Waals surface area contributed by atoms with Gasteiger partial charge in [0.1, 0.15) is 5.76 Å². The van der Waals surface area contributed by atoms with Gasteiger partial charge < -0.3 is 14.6 Å². The number of rotatable bonds is 6. The first-order valence-electron chi connectivity index (χ1n) is 7.84. The average molecular weight is 365 g/mol. The van der Waals surface area contributed by atoms with Crippen LogP contribution < -0.4 is 10.0 Å². The molecule has 2 aromatic rings. The van der Waals surface area contributed by atoms with Crippen molar-refractivity contribution in [3.05, 3.63) is 47.3 Å². The van der Waals surface area contributed by atoms with Crippen LogP contribution in [0.5, 0.6) is 0 Å². The van der Waals surface area contributed by atoms with Crippen LogP contribution in [0.15, 0.2) is 39.8 Å². The van der Waals surface area contributed by atoms with Crippen molar-refractivity contribution >= 4 is 15.9 Å². The molecule has 1 aliphatic rings. The van der Waals surface area contributed by atoms with Crippen LogP contribution in [0.2, 0.25) is 0 Å². The van der Waals surface area contributed by atoms with Crippen LogP contribution in [-0.4, -0.2) is 38.7 Å². The van der Waals surface area contributed by atoms with Crippen molar-refractivity contribution in [2.75, 3.05) is 13.2 Å². The molecule has 1 amide bonds. The molecule has 2 heterocycles. The van der Waals surface area contributed by atoms with Crippen molar-refractivity contribution in [2.24, 2.45) is 0 Å². The fraction of sp³-hybridized carbons (Fsp3) is 0.375. The van der Waals surface area contributed by atoms with Crippen molar-refractivity contribution in [1.29, 1.82) is 0 Å². The van der Waals surface area contributed by atoms with Gasteiger partial charge >= 0.3 is 0 Å². The fourth-order valence-corrected chi connectivity index (χ4v) is 3.52. The molecule has 8 nitrogen and oxygen atoms in total. The summed E-state index contributed by atoms with van der Waals surface area (Å²) in [4.78, 5) is 12.3. The molecule has 0 spiro atoms. The minimum atomic E-state index is -3.77. The predicted octanol–water partition coefficient (Wildman–Crippen LogP) is 0.980. The summed E-state index contributed by atoms with van der Waals surface area (Å²) in [6.07, 6.45) is 0.752. The van der Waals surface area contributed by atoms with Gasteiger partial charge in [0.05, 0.1) is 29.8 Å². The number of nitrogens with one attached hydrogen (secondary N) is 2. The van der Waals surface area contributed by atoms with Gasteiger partial charge in [0.2, 0.25) is 10.0 Å². The molecule has 25 heavy (non-hydrogen) atoms. The second-order valence-electron chi connectivity index (χ2n) is 5.82. The number of benzene rings is 1. The molecular formula is C16H19N3O5S.